The van der Waals surface area contributed by atoms with Gasteiger partial charge in [0.25, 0.3) is 0 Å². The Bertz CT molecular complexity index is 390. The van der Waals surface area contributed by atoms with E-state index in [0.717, 1.165) is 30.5 Å². The Kier molecular flexibility index (Phi) is 6.49. The molecule has 2 rings (SSSR count). The van der Waals surface area contributed by atoms with Crippen molar-refractivity contribution in [3.05, 3.63) is 34.3 Å². The molecule has 0 amide bonds. The number of aliphatic hydroxyl groups excluding tert-OH is 1. The van der Waals surface area contributed by atoms with Crippen LogP contribution in [-0.4, -0.2) is 42.3 Å². The smallest absolute Gasteiger partial charge is 0.0791 e. The minimum absolute atomic E-state index is 0.280. The average molecular weight is 341 g/mol. The topological polar surface area (TPSA) is 35.5 Å². The van der Waals surface area contributed by atoms with Crippen molar-refractivity contribution in [3.8, 4) is 0 Å². The Labute approximate surface area is 130 Å². The van der Waals surface area contributed by atoms with Crippen molar-refractivity contribution in [1.29, 1.82) is 0 Å². The molecule has 112 valence electrons. The van der Waals surface area contributed by atoms with Crippen LogP contribution in [0.4, 0.5) is 0 Å². The molecule has 0 aromatic heterocycles. The Morgan fingerprint density at radius 2 is 1.90 bits per heavy atom. The van der Waals surface area contributed by atoms with Gasteiger partial charge in [0.05, 0.1) is 6.10 Å². The summed E-state index contributed by atoms with van der Waals surface area (Å²) in [5, 5.41) is 13.6. The van der Waals surface area contributed by atoms with Crippen LogP contribution >= 0.6 is 15.9 Å². The van der Waals surface area contributed by atoms with E-state index < -0.39 is 0 Å². The van der Waals surface area contributed by atoms with Crippen molar-refractivity contribution in [2.75, 3.05) is 26.2 Å². The first-order valence-electron chi connectivity index (χ1n) is 7.58. The standard InChI is InChI=1S/C16H25BrN2O/c1-2-16(13-5-7-14(17)8-6-13)18-11-15(20)12-19-9-3-4-10-19/h5-8,15-16,18,20H,2-4,9-12H2,1H3. The van der Waals surface area contributed by atoms with Gasteiger partial charge in [-0.25, -0.2) is 0 Å². The van der Waals surface area contributed by atoms with Crippen molar-refractivity contribution in [2.45, 2.75) is 38.3 Å². The first kappa shape index (κ1) is 16.0. The third-order valence-electron chi connectivity index (χ3n) is 3.95. The molecule has 1 aliphatic heterocycles. The van der Waals surface area contributed by atoms with Crippen molar-refractivity contribution in [3.63, 3.8) is 0 Å². The van der Waals surface area contributed by atoms with E-state index in [0.29, 0.717) is 12.6 Å². The molecule has 1 aromatic rings. The zero-order valence-corrected chi connectivity index (χ0v) is 13.8. The van der Waals surface area contributed by atoms with Crippen molar-refractivity contribution < 1.29 is 5.11 Å². The van der Waals surface area contributed by atoms with Crippen LogP contribution in [0.3, 0.4) is 0 Å². The van der Waals surface area contributed by atoms with Crippen LogP contribution < -0.4 is 5.32 Å². The van der Waals surface area contributed by atoms with Crippen LogP contribution in [0.25, 0.3) is 0 Å². The molecular weight excluding hydrogens is 316 g/mol. The molecule has 3 nitrogen and oxygen atoms in total. The number of likely N-dealkylation sites (tertiary alicyclic amines) is 1. The molecule has 0 aliphatic carbocycles. The highest BCUT2D eigenvalue weighted by Gasteiger charge is 2.17. The Balaban J connectivity index is 1.79. The summed E-state index contributed by atoms with van der Waals surface area (Å²) in [5.74, 6) is 0. The second-order valence-electron chi connectivity index (χ2n) is 5.58. The molecule has 1 saturated heterocycles. The predicted molar refractivity (Wildman–Crippen MR) is 86.9 cm³/mol. The van der Waals surface area contributed by atoms with Gasteiger partial charge in [-0.2, -0.15) is 0 Å². The normalized spacial score (nSPS) is 19.1. The lowest BCUT2D eigenvalue weighted by Crippen LogP contribution is -2.38. The molecule has 20 heavy (non-hydrogen) atoms. The SMILES string of the molecule is CCC(NCC(O)CN1CCCC1)c1ccc(Br)cc1. The second-order valence-corrected chi connectivity index (χ2v) is 6.50. The van der Waals surface area contributed by atoms with E-state index >= 15 is 0 Å². The fourth-order valence-electron chi connectivity index (χ4n) is 2.80. The van der Waals surface area contributed by atoms with Crippen molar-refractivity contribution in [2.24, 2.45) is 0 Å². The van der Waals surface area contributed by atoms with Crippen molar-refractivity contribution >= 4 is 15.9 Å². The Morgan fingerprint density at radius 1 is 1.25 bits per heavy atom. The molecule has 0 bridgehead atoms. The largest absolute Gasteiger partial charge is 0.390 e. The highest BCUT2D eigenvalue weighted by atomic mass is 79.9. The predicted octanol–water partition coefficient (Wildman–Crippen LogP) is 2.95. The van der Waals surface area contributed by atoms with Crippen LogP contribution in [-0.2, 0) is 0 Å². The van der Waals surface area contributed by atoms with Crippen LogP contribution in [0.2, 0.25) is 0 Å². The Morgan fingerprint density at radius 3 is 2.50 bits per heavy atom. The molecule has 1 heterocycles. The third kappa shape index (κ3) is 4.85. The molecule has 1 aromatic carbocycles. The molecule has 0 saturated carbocycles. The molecule has 2 N–H and O–H groups in total. The van der Waals surface area contributed by atoms with E-state index in [9.17, 15) is 5.11 Å². The first-order chi connectivity index (χ1) is 9.69. The summed E-state index contributed by atoms with van der Waals surface area (Å²) in [5.41, 5.74) is 1.28. The molecule has 1 aliphatic rings. The lowest BCUT2D eigenvalue weighted by molar-refractivity contribution is 0.120. The number of nitrogens with zero attached hydrogens (tertiary/aromatic N) is 1. The van der Waals surface area contributed by atoms with E-state index in [1.54, 1.807) is 0 Å². The van der Waals surface area contributed by atoms with E-state index in [2.05, 4.69) is 57.3 Å². The summed E-state index contributed by atoms with van der Waals surface area (Å²) in [4.78, 5) is 2.35. The summed E-state index contributed by atoms with van der Waals surface area (Å²) in [6.45, 7) is 5.91. The van der Waals surface area contributed by atoms with Gasteiger partial charge in [0.2, 0.25) is 0 Å². The maximum Gasteiger partial charge on any atom is 0.0791 e. The Hall–Kier alpha value is -0.420. The van der Waals surface area contributed by atoms with Crippen LogP contribution in [0.15, 0.2) is 28.7 Å². The van der Waals surface area contributed by atoms with Gasteiger partial charge in [-0.15, -0.1) is 0 Å². The van der Waals surface area contributed by atoms with Gasteiger partial charge >= 0.3 is 0 Å². The van der Waals surface area contributed by atoms with Gasteiger partial charge in [0.1, 0.15) is 0 Å². The minimum Gasteiger partial charge on any atom is -0.390 e. The average Bonchev–Trinajstić information content (AvgIpc) is 2.94. The highest BCUT2D eigenvalue weighted by molar-refractivity contribution is 9.10. The van der Waals surface area contributed by atoms with Gasteiger partial charge in [-0.3, -0.25) is 0 Å². The summed E-state index contributed by atoms with van der Waals surface area (Å²) < 4.78 is 1.10. The molecule has 2 unspecified atom stereocenters. The molecule has 2 atom stereocenters. The number of hydrogen-bond acceptors (Lipinski definition) is 3. The zero-order chi connectivity index (χ0) is 14.4. The van der Waals surface area contributed by atoms with E-state index in [1.165, 1.54) is 18.4 Å². The number of rotatable bonds is 7. The number of hydrogen-bond donors (Lipinski definition) is 2. The highest BCUT2D eigenvalue weighted by Crippen LogP contribution is 2.19. The maximum atomic E-state index is 10.1. The number of β-amino-alcohol motifs (C(OH)–C–C–N with tert-alkyl or cyclic N) is 1. The van der Waals surface area contributed by atoms with E-state index in [-0.39, 0.29) is 6.10 Å². The molecule has 1 fully saturated rings. The summed E-state index contributed by atoms with van der Waals surface area (Å²) >= 11 is 3.46. The zero-order valence-electron chi connectivity index (χ0n) is 12.2. The van der Waals surface area contributed by atoms with Gasteiger partial charge in [-0.05, 0) is 50.0 Å². The first-order valence-corrected chi connectivity index (χ1v) is 8.37. The summed E-state index contributed by atoms with van der Waals surface area (Å²) in [7, 11) is 0. The van der Waals surface area contributed by atoms with Gasteiger partial charge in [0, 0.05) is 23.6 Å². The fraction of sp³-hybridized carbons (Fsp3) is 0.625. The van der Waals surface area contributed by atoms with Gasteiger partial charge in [0.15, 0.2) is 0 Å². The van der Waals surface area contributed by atoms with E-state index in [4.69, 9.17) is 0 Å². The summed E-state index contributed by atoms with van der Waals surface area (Å²) in [6.07, 6.45) is 3.29. The van der Waals surface area contributed by atoms with Crippen LogP contribution in [0.1, 0.15) is 37.8 Å². The monoisotopic (exact) mass is 340 g/mol. The fourth-order valence-corrected chi connectivity index (χ4v) is 3.06. The minimum atomic E-state index is -0.280. The van der Waals surface area contributed by atoms with Crippen LogP contribution in [0.5, 0.6) is 0 Å². The lowest BCUT2D eigenvalue weighted by atomic mass is 10.0. The third-order valence-corrected chi connectivity index (χ3v) is 4.48. The lowest BCUT2D eigenvalue weighted by Gasteiger charge is -2.23. The van der Waals surface area contributed by atoms with Gasteiger partial charge in [-0.1, -0.05) is 35.0 Å². The van der Waals surface area contributed by atoms with E-state index in [1.807, 2.05) is 0 Å². The molecular formula is C16H25BrN2O. The van der Waals surface area contributed by atoms with Crippen molar-refractivity contribution in [1.82, 2.24) is 10.2 Å². The number of aliphatic hydroxyl groups is 1. The molecule has 4 heteroatoms. The van der Waals surface area contributed by atoms with Crippen LogP contribution in [0, 0.1) is 0 Å². The number of halogens is 1. The second kappa shape index (κ2) is 8.13. The number of benzene rings is 1. The molecule has 0 spiro atoms. The number of nitrogens with one attached hydrogen (secondary N) is 1. The van der Waals surface area contributed by atoms with Gasteiger partial charge < -0.3 is 15.3 Å². The summed E-state index contributed by atoms with van der Waals surface area (Å²) in [6, 6.07) is 8.73. The quantitative estimate of drug-likeness (QED) is 0.800. The molecule has 0 radical (unpaired) electrons. The maximum absolute atomic E-state index is 10.1.